The first-order chi connectivity index (χ1) is 8.09. The molecule has 0 aromatic heterocycles. The average Bonchev–Trinajstić information content (AvgIpc) is 2.29. The Labute approximate surface area is 111 Å². The Morgan fingerprint density at radius 1 is 1.24 bits per heavy atom. The SMILES string of the molecule is CC(C)CNCCNC(=O)c1ccc(Br)cc1. The molecule has 0 unspecified atom stereocenters. The molecule has 1 aromatic carbocycles. The fraction of sp³-hybridized carbons (Fsp3) is 0.462. The minimum absolute atomic E-state index is 0.0242. The molecule has 3 nitrogen and oxygen atoms in total. The maximum Gasteiger partial charge on any atom is 0.251 e. The predicted octanol–water partition coefficient (Wildman–Crippen LogP) is 2.42. The summed E-state index contributed by atoms with van der Waals surface area (Å²) in [6, 6.07) is 7.35. The molecular formula is C13H19BrN2O. The molecule has 0 aliphatic heterocycles. The summed E-state index contributed by atoms with van der Waals surface area (Å²) in [6.07, 6.45) is 0. The lowest BCUT2D eigenvalue weighted by atomic mass is 10.2. The van der Waals surface area contributed by atoms with E-state index in [-0.39, 0.29) is 5.91 Å². The van der Waals surface area contributed by atoms with Gasteiger partial charge in [0, 0.05) is 23.1 Å². The number of carbonyl (C=O) groups is 1. The highest BCUT2D eigenvalue weighted by Crippen LogP contribution is 2.10. The standard InChI is InChI=1S/C13H19BrN2O/c1-10(2)9-15-7-8-16-13(17)11-3-5-12(14)6-4-11/h3-6,10,15H,7-9H2,1-2H3,(H,16,17). The molecule has 94 valence electrons. The molecule has 2 N–H and O–H groups in total. The number of rotatable bonds is 6. The number of carbonyl (C=O) groups excluding carboxylic acids is 1. The van der Waals surface area contributed by atoms with Gasteiger partial charge < -0.3 is 10.6 Å². The van der Waals surface area contributed by atoms with Crippen LogP contribution in [0.25, 0.3) is 0 Å². The van der Waals surface area contributed by atoms with Gasteiger partial charge in [-0.05, 0) is 36.7 Å². The number of halogens is 1. The van der Waals surface area contributed by atoms with Gasteiger partial charge in [-0.25, -0.2) is 0 Å². The van der Waals surface area contributed by atoms with Crippen molar-refractivity contribution in [1.29, 1.82) is 0 Å². The van der Waals surface area contributed by atoms with Crippen LogP contribution < -0.4 is 10.6 Å². The van der Waals surface area contributed by atoms with Crippen molar-refractivity contribution in [3.63, 3.8) is 0 Å². The third-order valence-corrected chi connectivity index (χ3v) is 2.77. The summed E-state index contributed by atoms with van der Waals surface area (Å²) in [5.41, 5.74) is 0.692. The predicted molar refractivity (Wildman–Crippen MR) is 74.2 cm³/mol. The van der Waals surface area contributed by atoms with E-state index in [9.17, 15) is 4.79 Å². The Kier molecular flexibility index (Phi) is 6.22. The molecule has 0 saturated heterocycles. The molecule has 0 heterocycles. The topological polar surface area (TPSA) is 41.1 Å². The maximum atomic E-state index is 11.7. The Morgan fingerprint density at radius 2 is 1.88 bits per heavy atom. The minimum atomic E-state index is -0.0242. The monoisotopic (exact) mass is 298 g/mol. The van der Waals surface area contributed by atoms with Gasteiger partial charge in [-0.3, -0.25) is 4.79 Å². The zero-order chi connectivity index (χ0) is 12.7. The Bertz CT molecular complexity index is 349. The van der Waals surface area contributed by atoms with Crippen molar-refractivity contribution in [2.24, 2.45) is 5.92 Å². The van der Waals surface area contributed by atoms with E-state index < -0.39 is 0 Å². The van der Waals surface area contributed by atoms with Gasteiger partial charge in [0.2, 0.25) is 0 Å². The number of hydrogen-bond acceptors (Lipinski definition) is 2. The van der Waals surface area contributed by atoms with Crippen molar-refractivity contribution in [3.8, 4) is 0 Å². The smallest absolute Gasteiger partial charge is 0.251 e. The van der Waals surface area contributed by atoms with Crippen LogP contribution in [-0.4, -0.2) is 25.5 Å². The second kappa shape index (κ2) is 7.45. The van der Waals surface area contributed by atoms with Crippen LogP contribution >= 0.6 is 15.9 Å². The van der Waals surface area contributed by atoms with E-state index in [4.69, 9.17) is 0 Å². The van der Waals surface area contributed by atoms with Crippen LogP contribution in [0.3, 0.4) is 0 Å². The number of hydrogen-bond donors (Lipinski definition) is 2. The molecule has 1 rings (SSSR count). The van der Waals surface area contributed by atoms with E-state index in [1.165, 1.54) is 0 Å². The molecule has 0 fully saturated rings. The summed E-state index contributed by atoms with van der Waals surface area (Å²) in [6.45, 7) is 6.76. The summed E-state index contributed by atoms with van der Waals surface area (Å²) in [7, 11) is 0. The first-order valence-corrected chi connectivity index (χ1v) is 6.63. The fourth-order valence-electron chi connectivity index (χ4n) is 1.36. The van der Waals surface area contributed by atoms with Crippen LogP contribution in [0.5, 0.6) is 0 Å². The average molecular weight is 299 g/mol. The normalized spacial score (nSPS) is 10.6. The van der Waals surface area contributed by atoms with E-state index in [0.29, 0.717) is 18.0 Å². The van der Waals surface area contributed by atoms with Gasteiger partial charge in [0.15, 0.2) is 0 Å². The summed E-state index contributed by atoms with van der Waals surface area (Å²) in [5.74, 6) is 0.612. The quantitative estimate of drug-likeness (QED) is 0.792. The lowest BCUT2D eigenvalue weighted by molar-refractivity contribution is 0.0954. The second-order valence-corrected chi connectivity index (χ2v) is 5.28. The zero-order valence-electron chi connectivity index (χ0n) is 10.3. The van der Waals surface area contributed by atoms with E-state index in [0.717, 1.165) is 17.6 Å². The van der Waals surface area contributed by atoms with Gasteiger partial charge in [-0.1, -0.05) is 29.8 Å². The van der Waals surface area contributed by atoms with Crippen molar-refractivity contribution in [2.75, 3.05) is 19.6 Å². The van der Waals surface area contributed by atoms with Crippen LogP contribution in [-0.2, 0) is 0 Å². The van der Waals surface area contributed by atoms with Crippen LogP contribution in [0.4, 0.5) is 0 Å². The van der Waals surface area contributed by atoms with E-state index >= 15 is 0 Å². The minimum Gasteiger partial charge on any atom is -0.351 e. The summed E-state index contributed by atoms with van der Waals surface area (Å²) >= 11 is 3.34. The van der Waals surface area contributed by atoms with Crippen LogP contribution in [0.15, 0.2) is 28.7 Å². The molecule has 1 amide bonds. The molecule has 1 aromatic rings. The molecule has 0 spiro atoms. The number of amides is 1. The van der Waals surface area contributed by atoms with Crippen molar-refractivity contribution in [1.82, 2.24) is 10.6 Å². The number of benzene rings is 1. The molecule has 0 aliphatic rings. The third kappa shape index (κ3) is 5.84. The summed E-state index contributed by atoms with van der Waals surface area (Å²) in [4.78, 5) is 11.7. The highest BCUT2D eigenvalue weighted by Gasteiger charge is 2.03. The molecule has 4 heteroatoms. The molecule has 0 bridgehead atoms. The van der Waals surface area contributed by atoms with Gasteiger partial charge >= 0.3 is 0 Å². The van der Waals surface area contributed by atoms with Crippen molar-refractivity contribution < 1.29 is 4.79 Å². The van der Waals surface area contributed by atoms with E-state index in [1.54, 1.807) is 12.1 Å². The second-order valence-electron chi connectivity index (χ2n) is 4.36. The molecule has 17 heavy (non-hydrogen) atoms. The highest BCUT2D eigenvalue weighted by atomic mass is 79.9. The van der Waals surface area contributed by atoms with Crippen LogP contribution in [0.2, 0.25) is 0 Å². The van der Waals surface area contributed by atoms with Gasteiger partial charge in [-0.15, -0.1) is 0 Å². The highest BCUT2D eigenvalue weighted by molar-refractivity contribution is 9.10. The first-order valence-electron chi connectivity index (χ1n) is 5.84. The lowest BCUT2D eigenvalue weighted by Crippen LogP contribution is -2.33. The summed E-state index contributed by atoms with van der Waals surface area (Å²) in [5, 5.41) is 6.15. The molecular weight excluding hydrogens is 280 g/mol. The van der Waals surface area contributed by atoms with Gasteiger partial charge in [0.05, 0.1) is 0 Å². The van der Waals surface area contributed by atoms with Crippen LogP contribution in [0, 0.1) is 5.92 Å². The Balaban J connectivity index is 2.23. The van der Waals surface area contributed by atoms with Crippen molar-refractivity contribution in [3.05, 3.63) is 34.3 Å². The molecule has 0 atom stereocenters. The van der Waals surface area contributed by atoms with Crippen molar-refractivity contribution in [2.45, 2.75) is 13.8 Å². The molecule has 0 radical (unpaired) electrons. The van der Waals surface area contributed by atoms with Crippen LogP contribution in [0.1, 0.15) is 24.2 Å². The van der Waals surface area contributed by atoms with Gasteiger partial charge in [0.25, 0.3) is 5.91 Å². The lowest BCUT2D eigenvalue weighted by Gasteiger charge is -2.08. The van der Waals surface area contributed by atoms with Crippen molar-refractivity contribution >= 4 is 21.8 Å². The summed E-state index contributed by atoms with van der Waals surface area (Å²) < 4.78 is 0.979. The largest absolute Gasteiger partial charge is 0.351 e. The maximum absolute atomic E-state index is 11.7. The fourth-order valence-corrected chi connectivity index (χ4v) is 1.62. The Hall–Kier alpha value is -0.870. The first kappa shape index (κ1) is 14.2. The Morgan fingerprint density at radius 3 is 2.47 bits per heavy atom. The zero-order valence-corrected chi connectivity index (χ0v) is 11.9. The molecule has 0 aliphatic carbocycles. The van der Waals surface area contributed by atoms with E-state index in [1.807, 2.05) is 12.1 Å². The van der Waals surface area contributed by atoms with Gasteiger partial charge in [-0.2, -0.15) is 0 Å². The van der Waals surface area contributed by atoms with E-state index in [2.05, 4.69) is 40.4 Å². The third-order valence-electron chi connectivity index (χ3n) is 2.25. The molecule has 0 saturated carbocycles. The number of nitrogens with one attached hydrogen (secondary N) is 2. The van der Waals surface area contributed by atoms with Gasteiger partial charge in [0.1, 0.15) is 0 Å².